The molecule has 0 atom stereocenters. The number of thiophene rings is 1. The lowest BCUT2D eigenvalue weighted by molar-refractivity contribution is -0.136. The topological polar surface area (TPSA) is 79.8 Å². The van der Waals surface area contributed by atoms with Gasteiger partial charge >= 0.3 is 11.8 Å². The molecule has 0 fully saturated rings. The summed E-state index contributed by atoms with van der Waals surface area (Å²) in [5, 5.41) is 8.51. The Bertz CT molecular complexity index is 758. The van der Waals surface area contributed by atoms with Crippen molar-refractivity contribution in [2.24, 2.45) is 5.10 Å². The molecule has 8 heteroatoms. The van der Waals surface area contributed by atoms with Crippen LogP contribution in [0.4, 0.5) is 5.69 Å². The minimum atomic E-state index is -0.891. The number of rotatable bonds is 4. The summed E-state index contributed by atoms with van der Waals surface area (Å²) in [6.07, 6.45) is 1.49. The predicted molar refractivity (Wildman–Crippen MR) is 91.4 cm³/mol. The third kappa shape index (κ3) is 4.54. The summed E-state index contributed by atoms with van der Waals surface area (Å²) in [5.41, 5.74) is 3.52. The zero-order chi connectivity index (χ0) is 16.8. The maximum atomic E-state index is 11.9. The van der Waals surface area contributed by atoms with E-state index in [1.54, 1.807) is 12.1 Å². The molecule has 0 saturated heterocycles. The molecule has 0 aliphatic carbocycles. The van der Waals surface area contributed by atoms with Gasteiger partial charge in [-0.05, 0) is 42.1 Å². The number of carbonyl (C=O) groups excluding carboxylic acids is 2. The van der Waals surface area contributed by atoms with Gasteiger partial charge in [0.25, 0.3) is 0 Å². The smallest absolute Gasteiger partial charge is 0.329 e. The normalized spacial score (nSPS) is 10.6. The highest BCUT2D eigenvalue weighted by atomic mass is 35.5. The Labute approximate surface area is 142 Å². The first-order valence-corrected chi connectivity index (χ1v) is 7.79. The molecule has 23 heavy (non-hydrogen) atoms. The molecule has 6 nitrogen and oxygen atoms in total. The second-order valence-corrected chi connectivity index (χ2v) is 5.85. The molecular formula is C15H14ClN3O3S. The van der Waals surface area contributed by atoms with E-state index in [-0.39, 0.29) is 0 Å². The van der Waals surface area contributed by atoms with Gasteiger partial charge in [-0.25, -0.2) is 5.43 Å². The largest absolute Gasteiger partial charge is 0.495 e. The lowest BCUT2D eigenvalue weighted by atomic mass is 10.3. The molecule has 2 amide bonds. The molecule has 1 heterocycles. The lowest BCUT2D eigenvalue weighted by Gasteiger charge is -2.09. The number of anilines is 1. The van der Waals surface area contributed by atoms with Gasteiger partial charge in [0.05, 0.1) is 19.0 Å². The van der Waals surface area contributed by atoms with Crippen LogP contribution in [0.5, 0.6) is 5.75 Å². The minimum absolute atomic E-state index is 0.304. The quantitative estimate of drug-likeness (QED) is 0.505. The second-order valence-electron chi connectivity index (χ2n) is 4.47. The van der Waals surface area contributed by atoms with Crippen LogP contribution < -0.4 is 15.5 Å². The summed E-state index contributed by atoms with van der Waals surface area (Å²) in [4.78, 5) is 24.5. The van der Waals surface area contributed by atoms with Crippen LogP contribution in [0.15, 0.2) is 34.7 Å². The molecule has 1 aromatic carbocycles. The number of hydrogen-bond acceptors (Lipinski definition) is 5. The van der Waals surface area contributed by atoms with Crippen LogP contribution in [0, 0.1) is 6.92 Å². The SMILES string of the molecule is COc1ccc(Cl)cc1NC(=O)C(=O)N/N=C\c1sccc1C. The van der Waals surface area contributed by atoms with Crippen molar-refractivity contribution in [2.45, 2.75) is 6.92 Å². The average Bonchev–Trinajstić information content (AvgIpc) is 2.92. The Hall–Kier alpha value is -2.38. The molecule has 120 valence electrons. The Balaban J connectivity index is 1.98. The maximum Gasteiger partial charge on any atom is 0.329 e. The Morgan fingerprint density at radius 3 is 2.74 bits per heavy atom. The highest BCUT2D eigenvalue weighted by molar-refractivity contribution is 7.11. The summed E-state index contributed by atoms with van der Waals surface area (Å²) >= 11 is 7.35. The van der Waals surface area contributed by atoms with Gasteiger partial charge in [-0.2, -0.15) is 5.10 Å². The first-order valence-electron chi connectivity index (χ1n) is 6.53. The Morgan fingerprint density at radius 2 is 2.09 bits per heavy atom. The van der Waals surface area contributed by atoms with Crippen LogP contribution >= 0.6 is 22.9 Å². The number of nitrogens with zero attached hydrogens (tertiary/aromatic N) is 1. The van der Waals surface area contributed by atoms with E-state index in [1.807, 2.05) is 18.4 Å². The molecule has 1 aromatic heterocycles. The van der Waals surface area contributed by atoms with Crippen molar-refractivity contribution in [3.8, 4) is 5.75 Å². The number of hydrogen-bond donors (Lipinski definition) is 2. The van der Waals surface area contributed by atoms with Crippen LogP contribution in [-0.4, -0.2) is 25.1 Å². The van der Waals surface area contributed by atoms with E-state index in [9.17, 15) is 9.59 Å². The molecule has 0 aliphatic heterocycles. The zero-order valence-corrected chi connectivity index (χ0v) is 14.0. The Kier molecular flexibility index (Phi) is 5.72. The third-order valence-electron chi connectivity index (χ3n) is 2.87. The molecule has 0 saturated carbocycles. The van der Waals surface area contributed by atoms with Crippen LogP contribution in [-0.2, 0) is 9.59 Å². The zero-order valence-electron chi connectivity index (χ0n) is 12.4. The molecule has 0 bridgehead atoms. The molecule has 0 radical (unpaired) electrons. The van der Waals surface area contributed by atoms with E-state index in [0.29, 0.717) is 16.5 Å². The van der Waals surface area contributed by atoms with E-state index < -0.39 is 11.8 Å². The van der Waals surface area contributed by atoms with E-state index in [4.69, 9.17) is 16.3 Å². The Morgan fingerprint density at radius 1 is 1.30 bits per heavy atom. The number of benzene rings is 1. The second kappa shape index (κ2) is 7.75. The lowest BCUT2D eigenvalue weighted by Crippen LogP contribution is -2.32. The minimum Gasteiger partial charge on any atom is -0.495 e. The fourth-order valence-corrected chi connectivity index (χ4v) is 2.63. The van der Waals surface area contributed by atoms with Crippen molar-refractivity contribution in [1.29, 1.82) is 0 Å². The van der Waals surface area contributed by atoms with Gasteiger partial charge < -0.3 is 10.1 Å². The summed E-state index contributed by atoms with van der Waals surface area (Å²) in [6, 6.07) is 6.63. The average molecular weight is 352 g/mol. The van der Waals surface area contributed by atoms with Crippen LogP contribution in [0.2, 0.25) is 5.02 Å². The highest BCUT2D eigenvalue weighted by Gasteiger charge is 2.15. The summed E-state index contributed by atoms with van der Waals surface area (Å²) in [7, 11) is 1.45. The summed E-state index contributed by atoms with van der Waals surface area (Å²) < 4.78 is 5.09. The van der Waals surface area contributed by atoms with Gasteiger partial charge in [-0.1, -0.05) is 11.6 Å². The van der Waals surface area contributed by atoms with Crippen molar-refractivity contribution < 1.29 is 14.3 Å². The number of halogens is 1. The fraction of sp³-hybridized carbons (Fsp3) is 0.133. The monoisotopic (exact) mass is 351 g/mol. The number of methoxy groups -OCH3 is 1. The molecule has 2 N–H and O–H groups in total. The number of ether oxygens (including phenoxy) is 1. The first-order chi connectivity index (χ1) is 11.0. The van der Waals surface area contributed by atoms with Gasteiger partial charge in [-0.15, -0.1) is 11.3 Å². The number of carbonyl (C=O) groups is 2. The molecule has 0 aliphatic rings. The van der Waals surface area contributed by atoms with Gasteiger partial charge in [0, 0.05) is 9.90 Å². The first kappa shape index (κ1) is 17.0. The highest BCUT2D eigenvalue weighted by Crippen LogP contribution is 2.27. The van der Waals surface area contributed by atoms with Gasteiger partial charge in [0.1, 0.15) is 5.75 Å². The van der Waals surface area contributed by atoms with E-state index in [2.05, 4.69) is 15.8 Å². The van der Waals surface area contributed by atoms with Crippen molar-refractivity contribution >= 4 is 46.7 Å². The molecule has 2 rings (SSSR count). The standard InChI is InChI=1S/C15H14ClN3O3S/c1-9-5-6-23-13(9)8-17-19-15(21)14(20)18-11-7-10(16)3-4-12(11)22-2/h3-8H,1-2H3,(H,18,20)(H,19,21)/b17-8-. The number of hydrazone groups is 1. The van der Waals surface area contributed by atoms with Gasteiger partial charge in [-0.3, -0.25) is 9.59 Å². The number of amides is 2. The van der Waals surface area contributed by atoms with E-state index in [1.165, 1.54) is 30.7 Å². The van der Waals surface area contributed by atoms with Crippen molar-refractivity contribution in [3.63, 3.8) is 0 Å². The maximum absolute atomic E-state index is 11.9. The van der Waals surface area contributed by atoms with Crippen molar-refractivity contribution in [2.75, 3.05) is 12.4 Å². The molecule has 2 aromatic rings. The van der Waals surface area contributed by atoms with Crippen LogP contribution in [0.25, 0.3) is 0 Å². The van der Waals surface area contributed by atoms with Crippen LogP contribution in [0.3, 0.4) is 0 Å². The molecule has 0 unspecified atom stereocenters. The number of nitrogens with one attached hydrogen (secondary N) is 2. The third-order valence-corrected chi connectivity index (χ3v) is 4.05. The van der Waals surface area contributed by atoms with Crippen LogP contribution in [0.1, 0.15) is 10.4 Å². The van der Waals surface area contributed by atoms with E-state index >= 15 is 0 Å². The molecule has 0 spiro atoms. The molecular weight excluding hydrogens is 338 g/mol. The number of aryl methyl sites for hydroxylation is 1. The summed E-state index contributed by atoms with van der Waals surface area (Å²) in [6.45, 7) is 1.93. The van der Waals surface area contributed by atoms with E-state index in [0.717, 1.165) is 10.4 Å². The van der Waals surface area contributed by atoms with Crippen molar-refractivity contribution in [1.82, 2.24) is 5.43 Å². The fourth-order valence-electron chi connectivity index (χ4n) is 1.67. The van der Waals surface area contributed by atoms with Crippen molar-refractivity contribution in [3.05, 3.63) is 45.1 Å². The van der Waals surface area contributed by atoms with Gasteiger partial charge in [0.2, 0.25) is 0 Å². The predicted octanol–water partition coefficient (Wildman–Crippen LogP) is 2.81. The van der Waals surface area contributed by atoms with Gasteiger partial charge in [0.15, 0.2) is 0 Å². The summed E-state index contributed by atoms with van der Waals surface area (Å²) in [5.74, 6) is -1.36.